The Labute approximate surface area is 63.2 Å². The fraction of sp³-hybridized carbons (Fsp3) is 0. The van der Waals surface area contributed by atoms with Crippen LogP contribution in [-0.4, -0.2) is 14.2 Å². The molecule has 0 aliphatic rings. The van der Waals surface area contributed by atoms with Crippen molar-refractivity contribution in [2.24, 2.45) is 0 Å². The van der Waals surface area contributed by atoms with Gasteiger partial charge in [0.1, 0.15) is 5.52 Å². The molecule has 0 bridgehead atoms. The third kappa shape index (κ3) is 0.690. The van der Waals surface area contributed by atoms with Gasteiger partial charge in [0.05, 0.1) is 11.7 Å². The summed E-state index contributed by atoms with van der Waals surface area (Å²) >= 11 is 4.07. The maximum Gasteiger partial charge on any atom is 0.109 e. The molecular formula is C6H5N3S. The van der Waals surface area contributed by atoms with Crippen molar-refractivity contribution < 1.29 is 0 Å². The smallest absolute Gasteiger partial charge is 0.109 e. The van der Waals surface area contributed by atoms with E-state index in [1.54, 1.807) is 12.4 Å². The summed E-state index contributed by atoms with van der Waals surface area (Å²) in [6.45, 7) is 0. The highest BCUT2D eigenvalue weighted by Crippen LogP contribution is 2.09. The molecule has 0 unspecified atom stereocenters. The van der Waals surface area contributed by atoms with E-state index < -0.39 is 0 Å². The molecule has 2 rings (SSSR count). The van der Waals surface area contributed by atoms with E-state index >= 15 is 0 Å². The first-order valence-electron chi connectivity index (χ1n) is 2.86. The lowest BCUT2D eigenvalue weighted by atomic mass is 10.4. The van der Waals surface area contributed by atoms with Crippen LogP contribution in [0.4, 0.5) is 0 Å². The second-order valence-electron chi connectivity index (χ2n) is 1.94. The highest BCUT2D eigenvalue weighted by Gasteiger charge is 1.96. The van der Waals surface area contributed by atoms with Crippen LogP contribution in [-0.2, 0) is 0 Å². The largest absolute Gasteiger partial charge is 0.253 e. The number of nitrogens with zero attached hydrogens (tertiary/aromatic N) is 3. The second kappa shape index (κ2) is 1.98. The van der Waals surface area contributed by atoms with E-state index in [0.717, 1.165) is 11.0 Å². The van der Waals surface area contributed by atoms with Gasteiger partial charge in [-0.2, -0.15) is 5.10 Å². The summed E-state index contributed by atoms with van der Waals surface area (Å²) in [6, 6.07) is 3.78. The third-order valence-corrected chi connectivity index (χ3v) is 1.64. The molecule has 0 spiro atoms. The molecule has 2 heterocycles. The SMILES string of the molecule is Sn1ncc2ncccc21. The van der Waals surface area contributed by atoms with Crippen molar-refractivity contribution in [3.05, 3.63) is 24.5 Å². The molecule has 3 nitrogen and oxygen atoms in total. The molecule has 0 aromatic carbocycles. The summed E-state index contributed by atoms with van der Waals surface area (Å²) in [7, 11) is 0. The number of thiol groups is 1. The zero-order valence-electron chi connectivity index (χ0n) is 5.10. The average Bonchev–Trinajstić information content (AvgIpc) is 2.34. The van der Waals surface area contributed by atoms with E-state index in [1.807, 2.05) is 12.1 Å². The molecule has 10 heavy (non-hydrogen) atoms. The topological polar surface area (TPSA) is 30.7 Å². The van der Waals surface area contributed by atoms with Gasteiger partial charge in [0.15, 0.2) is 0 Å². The zero-order valence-corrected chi connectivity index (χ0v) is 5.99. The molecule has 4 heteroatoms. The lowest BCUT2D eigenvalue weighted by Gasteiger charge is -1.87. The van der Waals surface area contributed by atoms with Crippen LogP contribution in [0.2, 0.25) is 0 Å². The van der Waals surface area contributed by atoms with Gasteiger partial charge in [-0.1, -0.05) is 0 Å². The highest BCUT2D eigenvalue weighted by molar-refractivity contribution is 7.78. The third-order valence-electron chi connectivity index (χ3n) is 1.32. The van der Waals surface area contributed by atoms with Crippen LogP contribution in [0.5, 0.6) is 0 Å². The lowest BCUT2D eigenvalue weighted by molar-refractivity contribution is 1.05. The first kappa shape index (κ1) is 5.73. The summed E-state index contributed by atoms with van der Waals surface area (Å²) in [5.41, 5.74) is 1.81. The number of aromatic nitrogens is 3. The molecule has 0 N–H and O–H groups in total. The van der Waals surface area contributed by atoms with Gasteiger partial charge in [-0.3, -0.25) is 4.98 Å². The second-order valence-corrected chi connectivity index (χ2v) is 2.32. The molecule has 0 aliphatic heterocycles. The van der Waals surface area contributed by atoms with Crippen LogP contribution in [0.1, 0.15) is 0 Å². The average molecular weight is 151 g/mol. The number of hydrogen-bond donors (Lipinski definition) is 1. The van der Waals surface area contributed by atoms with E-state index in [2.05, 4.69) is 22.9 Å². The summed E-state index contributed by atoms with van der Waals surface area (Å²) in [4.78, 5) is 4.07. The fourth-order valence-corrected chi connectivity index (χ4v) is 1.07. The van der Waals surface area contributed by atoms with Gasteiger partial charge < -0.3 is 0 Å². The van der Waals surface area contributed by atoms with Crippen LogP contribution in [0.25, 0.3) is 11.0 Å². The molecule has 2 aromatic rings. The number of pyridine rings is 1. The maximum atomic E-state index is 4.07. The molecule has 0 aliphatic carbocycles. The first-order chi connectivity index (χ1) is 4.88. The van der Waals surface area contributed by atoms with E-state index in [1.165, 1.54) is 4.09 Å². The Kier molecular flexibility index (Phi) is 1.14. The van der Waals surface area contributed by atoms with Crippen molar-refractivity contribution in [2.45, 2.75) is 0 Å². The molecule has 0 fully saturated rings. The van der Waals surface area contributed by atoms with Crippen LogP contribution in [0.3, 0.4) is 0 Å². The van der Waals surface area contributed by atoms with Gasteiger partial charge in [0, 0.05) is 6.20 Å². The summed E-state index contributed by atoms with van der Waals surface area (Å²) in [6.07, 6.45) is 3.42. The highest BCUT2D eigenvalue weighted by atomic mass is 32.1. The Hall–Kier alpha value is -1.03. The molecular weight excluding hydrogens is 146 g/mol. The van der Waals surface area contributed by atoms with Crippen molar-refractivity contribution in [1.82, 2.24) is 14.2 Å². The Bertz CT molecular complexity index is 355. The van der Waals surface area contributed by atoms with Crippen molar-refractivity contribution >= 4 is 23.8 Å². The Morgan fingerprint density at radius 3 is 3.20 bits per heavy atom. The normalized spacial score (nSPS) is 10.5. The number of hydrogen-bond acceptors (Lipinski definition) is 3. The molecule has 50 valence electrons. The van der Waals surface area contributed by atoms with Crippen molar-refractivity contribution in [3.8, 4) is 0 Å². The van der Waals surface area contributed by atoms with E-state index in [-0.39, 0.29) is 0 Å². The monoisotopic (exact) mass is 151 g/mol. The molecule has 0 radical (unpaired) electrons. The Morgan fingerprint density at radius 1 is 1.50 bits per heavy atom. The molecule has 2 aromatic heterocycles. The predicted octanol–water partition coefficient (Wildman–Crippen LogP) is 1.12. The number of rotatable bonds is 0. The van der Waals surface area contributed by atoms with Crippen molar-refractivity contribution in [3.63, 3.8) is 0 Å². The molecule has 0 saturated carbocycles. The molecule has 0 amide bonds. The Morgan fingerprint density at radius 2 is 2.40 bits per heavy atom. The van der Waals surface area contributed by atoms with E-state index in [9.17, 15) is 0 Å². The first-order valence-corrected chi connectivity index (χ1v) is 3.26. The van der Waals surface area contributed by atoms with Gasteiger partial charge in [-0.25, -0.2) is 4.09 Å². The minimum Gasteiger partial charge on any atom is -0.253 e. The maximum absolute atomic E-state index is 4.07. The Balaban J connectivity index is 2.93. The molecule has 0 saturated heterocycles. The minimum atomic E-state index is 0.873. The molecule has 0 atom stereocenters. The fourth-order valence-electron chi connectivity index (χ4n) is 0.849. The van der Waals surface area contributed by atoms with Gasteiger partial charge in [-0.15, -0.1) is 0 Å². The zero-order chi connectivity index (χ0) is 6.97. The van der Waals surface area contributed by atoms with Gasteiger partial charge in [-0.05, 0) is 24.9 Å². The van der Waals surface area contributed by atoms with Crippen LogP contribution < -0.4 is 0 Å². The van der Waals surface area contributed by atoms with Crippen LogP contribution in [0.15, 0.2) is 24.5 Å². The van der Waals surface area contributed by atoms with Crippen molar-refractivity contribution in [1.29, 1.82) is 0 Å². The predicted molar refractivity (Wildman–Crippen MR) is 41.9 cm³/mol. The number of fused-ring (bicyclic) bond motifs is 1. The van der Waals surface area contributed by atoms with E-state index in [0.29, 0.717) is 0 Å². The standard InChI is InChI=1S/C6H5N3S/c10-9-6-2-1-3-7-5(6)4-8-9/h1-4,10H. The van der Waals surface area contributed by atoms with Gasteiger partial charge in [0.2, 0.25) is 0 Å². The summed E-state index contributed by atoms with van der Waals surface area (Å²) in [5.74, 6) is 0. The minimum absolute atomic E-state index is 0.873. The lowest BCUT2D eigenvalue weighted by Crippen LogP contribution is -1.80. The summed E-state index contributed by atoms with van der Waals surface area (Å²) in [5, 5.41) is 3.91. The van der Waals surface area contributed by atoms with Crippen molar-refractivity contribution in [2.75, 3.05) is 0 Å². The summed E-state index contributed by atoms with van der Waals surface area (Å²) < 4.78 is 1.50. The van der Waals surface area contributed by atoms with E-state index in [4.69, 9.17) is 0 Å². The quantitative estimate of drug-likeness (QED) is 0.572. The van der Waals surface area contributed by atoms with Crippen LogP contribution in [0, 0.1) is 0 Å². The van der Waals surface area contributed by atoms with Gasteiger partial charge in [0.25, 0.3) is 0 Å². The van der Waals surface area contributed by atoms with Crippen LogP contribution >= 0.6 is 12.8 Å². The van der Waals surface area contributed by atoms with Gasteiger partial charge >= 0.3 is 0 Å².